The molecule has 13 heavy (non-hydrogen) atoms. The van der Waals surface area contributed by atoms with Gasteiger partial charge < -0.3 is 15.2 Å². The number of hydrogen-bond acceptors (Lipinski definition) is 3. The summed E-state index contributed by atoms with van der Waals surface area (Å²) in [6.45, 7) is 5.59. The normalized spacial score (nSPS) is 30.7. The molecule has 0 aromatic heterocycles. The molecule has 78 valence electrons. The van der Waals surface area contributed by atoms with E-state index in [0.29, 0.717) is 6.04 Å². The van der Waals surface area contributed by atoms with Crippen molar-refractivity contribution in [3.63, 3.8) is 0 Å². The fourth-order valence-electron chi connectivity index (χ4n) is 1.84. The van der Waals surface area contributed by atoms with Crippen LogP contribution in [0.15, 0.2) is 0 Å². The highest BCUT2D eigenvalue weighted by Gasteiger charge is 2.25. The van der Waals surface area contributed by atoms with Gasteiger partial charge in [-0.3, -0.25) is 0 Å². The van der Waals surface area contributed by atoms with Crippen LogP contribution in [0, 0.1) is 0 Å². The first kappa shape index (κ1) is 11.0. The molecule has 0 aliphatic heterocycles. The van der Waals surface area contributed by atoms with Crippen LogP contribution < -0.4 is 5.32 Å². The zero-order valence-electron chi connectivity index (χ0n) is 8.62. The van der Waals surface area contributed by atoms with Gasteiger partial charge in [0.25, 0.3) is 0 Å². The highest BCUT2D eigenvalue weighted by molar-refractivity contribution is 4.84. The fraction of sp³-hybridized carbons (Fsp3) is 1.00. The summed E-state index contributed by atoms with van der Waals surface area (Å²) in [6.07, 6.45) is 3.03. The number of aliphatic hydroxyl groups excluding tert-OH is 1. The van der Waals surface area contributed by atoms with E-state index in [9.17, 15) is 5.11 Å². The molecule has 0 bridgehead atoms. The lowest BCUT2D eigenvalue weighted by atomic mass is 10.2. The Hall–Kier alpha value is -0.120. The maximum Gasteiger partial charge on any atom is 0.0693 e. The third-order valence-electron chi connectivity index (χ3n) is 2.55. The van der Waals surface area contributed by atoms with Crippen LogP contribution >= 0.6 is 0 Å². The molecule has 0 radical (unpaired) electrons. The van der Waals surface area contributed by atoms with Gasteiger partial charge in [-0.05, 0) is 33.1 Å². The van der Waals surface area contributed by atoms with Crippen molar-refractivity contribution in [2.24, 2.45) is 0 Å². The second-order valence-corrected chi connectivity index (χ2v) is 3.83. The first-order valence-electron chi connectivity index (χ1n) is 5.26. The van der Waals surface area contributed by atoms with E-state index >= 15 is 0 Å². The lowest BCUT2D eigenvalue weighted by molar-refractivity contribution is 0.103. The Balaban J connectivity index is 2.15. The van der Waals surface area contributed by atoms with E-state index in [-0.39, 0.29) is 12.1 Å². The predicted octanol–water partition coefficient (Wildman–Crippen LogP) is 0.914. The third kappa shape index (κ3) is 3.63. The molecule has 0 saturated heterocycles. The standard InChI is InChI=1S/C10H21NO2/c1-3-13-7-8(2)11-9-5-4-6-10(9)12/h8-12H,3-7H2,1-2H3/t8?,9-,10-/m1/s1. The van der Waals surface area contributed by atoms with Crippen LogP contribution in [0.5, 0.6) is 0 Å². The van der Waals surface area contributed by atoms with Gasteiger partial charge >= 0.3 is 0 Å². The molecule has 1 aliphatic carbocycles. The zero-order chi connectivity index (χ0) is 9.68. The average molecular weight is 187 g/mol. The molecule has 1 saturated carbocycles. The van der Waals surface area contributed by atoms with Crippen molar-refractivity contribution in [2.45, 2.75) is 51.3 Å². The summed E-state index contributed by atoms with van der Waals surface area (Å²) < 4.78 is 5.30. The van der Waals surface area contributed by atoms with Crippen LogP contribution in [0.25, 0.3) is 0 Å². The van der Waals surface area contributed by atoms with Crippen LogP contribution in [0.2, 0.25) is 0 Å². The highest BCUT2D eigenvalue weighted by atomic mass is 16.5. The molecule has 1 rings (SSSR count). The number of ether oxygens (including phenoxy) is 1. The number of nitrogens with one attached hydrogen (secondary N) is 1. The van der Waals surface area contributed by atoms with Crippen LogP contribution in [-0.2, 0) is 4.74 Å². The SMILES string of the molecule is CCOCC(C)N[C@@H]1CCC[C@H]1O. The van der Waals surface area contributed by atoms with Gasteiger partial charge in [0.05, 0.1) is 12.7 Å². The lowest BCUT2D eigenvalue weighted by Gasteiger charge is -2.21. The van der Waals surface area contributed by atoms with Crippen molar-refractivity contribution in [2.75, 3.05) is 13.2 Å². The minimum absolute atomic E-state index is 0.149. The Kier molecular flexibility index (Phi) is 4.70. The van der Waals surface area contributed by atoms with Crippen LogP contribution in [0.4, 0.5) is 0 Å². The molecule has 0 amide bonds. The van der Waals surface area contributed by atoms with E-state index < -0.39 is 0 Å². The molecule has 3 atom stereocenters. The van der Waals surface area contributed by atoms with E-state index in [1.165, 1.54) is 0 Å². The van der Waals surface area contributed by atoms with Crippen molar-refractivity contribution in [1.82, 2.24) is 5.32 Å². The smallest absolute Gasteiger partial charge is 0.0693 e. The predicted molar refractivity (Wildman–Crippen MR) is 52.7 cm³/mol. The quantitative estimate of drug-likeness (QED) is 0.672. The number of rotatable bonds is 5. The van der Waals surface area contributed by atoms with Gasteiger partial charge in [-0.15, -0.1) is 0 Å². The van der Waals surface area contributed by atoms with Gasteiger partial charge in [0.1, 0.15) is 0 Å². The first-order valence-corrected chi connectivity index (χ1v) is 5.26. The molecule has 1 aliphatic rings. The minimum Gasteiger partial charge on any atom is -0.392 e. The van der Waals surface area contributed by atoms with Crippen molar-refractivity contribution in [1.29, 1.82) is 0 Å². The monoisotopic (exact) mass is 187 g/mol. The van der Waals surface area contributed by atoms with E-state index in [0.717, 1.165) is 32.5 Å². The second-order valence-electron chi connectivity index (χ2n) is 3.83. The van der Waals surface area contributed by atoms with Gasteiger partial charge in [-0.25, -0.2) is 0 Å². The topological polar surface area (TPSA) is 41.5 Å². The van der Waals surface area contributed by atoms with Crippen LogP contribution in [0.1, 0.15) is 33.1 Å². The molecule has 2 N–H and O–H groups in total. The molecule has 3 nitrogen and oxygen atoms in total. The van der Waals surface area contributed by atoms with Gasteiger partial charge in [0.2, 0.25) is 0 Å². The molecule has 1 unspecified atom stereocenters. The average Bonchev–Trinajstić information content (AvgIpc) is 2.48. The summed E-state index contributed by atoms with van der Waals surface area (Å²) in [4.78, 5) is 0. The van der Waals surface area contributed by atoms with E-state index in [1.807, 2.05) is 6.92 Å². The van der Waals surface area contributed by atoms with Crippen molar-refractivity contribution >= 4 is 0 Å². The lowest BCUT2D eigenvalue weighted by Crippen LogP contribution is -2.43. The summed E-state index contributed by atoms with van der Waals surface area (Å²) >= 11 is 0. The van der Waals surface area contributed by atoms with Crippen LogP contribution in [-0.4, -0.2) is 36.5 Å². The van der Waals surface area contributed by atoms with E-state index in [4.69, 9.17) is 4.74 Å². The van der Waals surface area contributed by atoms with Gasteiger partial charge in [0, 0.05) is 18.7 Å². The maximum atomic E-state index is 9.56. The molecule has 0 aromatic carbocycles. The summed E-state index contributed by atoms with van der Waals surface area (Å²) in [5, 5.41) is 12.9. The largest absolute Gasteiger partial charge is 0.392 e. The van der Waals surface area contributed by atoms with Gasteiger partial charge in [0.15, 0.2) is 0 Å². The highest BCUT2D eigenvalue weighted by Crippen LogP contribution is 2.19. The summed E-state index contributed by atoms with van der Waals surface area (Å²) in [5.74, 6) is 0. The molecular weight excluding hydrogens is 166 g/mol. The van der Waals surface area contributed by atoms with Crippen molar-refractivity contribution < 1.29 is 9.84 Å². The maximum absolute atomic E-state index is 9.56. The summed E-state index contributed by atoms with van der Waals surface area (Å²) in [7, 11) is 0. The Bertz CT molecular complexity index is 141. The molecule has 3 heteroatoms. The third-order valence-corrected chi connectivity index (χ3v) is 2.55. The Morgan fingerprint density at radius 3 is 2.85 bits per heavy atom. The molecule has 0 heterocycles. The van der Waals surface area contributed by atoms with Crippen molar-refractivity contribution in [3.8, 4) is 0 Å². The van der Waals surface area contributed by atoms with E-state index in [2.05, 4.69) is 12.2 Å². The van der Waals surface area contributed by atoms with E-state index in [1.54, 1.807) is 0 Å². The number of hydrogen-bond donors (Lipinski definition) is 2. The Labute approximate surface area is 80.5 Å². The van der Waals surface area contributed by atoms with Crippen molar-refractivity contribution in [3.05, 3.63) is 0 Å². The van der Waals surface area contributed by atoms with Crippen LogP contribution in [0.3, 0.4) is 0 Å². The molecule has 0 spiro atoms. The molecular formula is C10H21NO2. The Morgan fingerprint density at radius 2 is 2.31 bits per heavy atom. The second kappa shape index (κ2) is 5.58. The number of aliphatic hydroxyl groups is 1. The van der Waals surface area contributed by atoms with Gasteiger partial charge in [-0.2, -0.15) is 0 Å². The summed E-state index contributed by atoms with van der Waals surface area (Å²) in [6, 6.07) is 0.633. The first-order chi connectivity index (χ1) is 6.24. The summed E-state index contributed by atoms with van der Waals surface area (Å²) in [5.41, 5.74) is 0. The van der Waals surface area contributed by atoms with Gasteiger partial charge in [-0.1, -0.05) is 0 Å². The molecule has 1 fully saturated rings. The minimum atomic E-state index is -0.149. The zero-order valence-corrected chi connectivity index (χ0v) is 8.62. The fourth-order valence-corrected chi connectivity index (χ4v) is 1.84. The molecule has 0 aromatic rings. The Morgan fingerprint density at radius 1 is 1.54 bits per heavy atom.